The van der Waals surface area contributed by atoms with E-state index in [1.165, 1.54) is 25.7 Å². The van der Waals surface area contributed by atoms with Crippen molar-refractivity contribution in [1.29, 1.82) is 0 Å². The first-order valence-corrected chi connectivity index (χ1v) is 7.52. The Morgan fingerprint density at radius 1 is 1.25 bits per heavy atom. The fourth-order valence-electron chi connectivity index (χ4n) is 2.58. The van der Waals surface area contributed by atoms with Crippen molar-refractivity contribution in [3.05, 3.63) is 0 Å². The third kappa shape index (κ3) is 2.92. The first-order chi connectivity index (χ1) is 9.80. The molecule has 1 aliphatic carbocycles. The van der Waals surface area contributed by atoms with Gasteiger partial charge in [0.1, 0.15) is 0 Å². The van der Waals surface area contributed by atoms with Gasteiger partial charge in [-0.15, -0.1) is 0 Å². The Labute approximate surface area is 119 Å². The monoisotopic (exact) mass is 277 g/mol. The number of nitrogen functional groups attached to an aromatic ring is 1. The Bertz CT molecular complexity index is 454. The highest BCUT2D eigenvalue weighted by Crippen LogP contribution is 2.31. The number of aromatic nitrogens is 3. The summed E-state index contributed by atoms with van der Waals surface area (Å²) in [6, 6.07) is 0. The molecule has 1 saturated carbocycles. The van der Waals surface area contributed by atoms with E-state index in [1.54, 1.807) is 0 Å². The Morgan fingerprint density at radius 2 is 2.00 bits per heavy atom. The standard InChI is InChI=1S/C13H23N7/c1-2-19(9-10-5-6-10)12-15-11(18-14)16-13(17-12)20-7-3-4-8-20/h10H,2-9,14H2,1H3,(H,15,16,17,18). The van der Waals surface area contributed by atoms with E-state index in [2.05, 4.69) is 37.1 Å². The molecule has 1 aromatic heterocycles. The lowest BCUT2D eigenvalue weighted by atomic mass is 10.4. The molecule has 1 aliphatic heterocycles. The van der Waals surface area contributed by atoms with E-state index in [4.69, 9.17) is 5.84 Å². The number of nitrogens with zero attached hydrogens (tertiary/aromatic N) is 5. The van der Waals surface area contributed by atoms with Crippen molar-refractivity contribution in [3.63, 3.8) is 0 Å². The molecule has 110 valence electrons. The van der Waals surface area contributed by atoms with Gasteiger partial charge in [0.2, 0.25) is 17.8 Å². The minimum Gasteiger partial charge on any atom is -0.341 e. The van der Waals surface area contributed by atoms with E-state index in [0.29, 0.717) is 5.95 Å². The van der Waals surface area contributed by atoms with Gasteiger partial charge in [-0.1, -0.05) is 0 Å². The first-order valence-electron chi connectivity index (χ1n) is 7.52. The molecule has 7 heteroatoms. The van der Waals surface area contributed by atoms with E-state index in [0.717, 1.165) is 44.0 Å². The summed E-state index contributed by atoms with van der Waals surface area (Å²) in [5.74, 6) is 8.24. The number of rotatable bonds is 6. The Balaban J connectivity index is 1.85. The molecule has 2 fully saturated rings. The fourth-order valence-corrected chi connectivity index (χ4v) is 2.58. The van der Waals surface area contributed by atoms with Crippen molar-refractivity contribution in [2.75, 3.05) is 41.4 Å². The predicted octanol–water partition coefficient (Wildman–Crippen LogP) is 0.994. The molecule has 2 aliphatic rings. The number of hydrogen-bond acceptors (Lipinski definition) is 7. The van der Waals surface area contributed by atoms with Gasteiger partial charge in [-0.2, -0.15) is 15.0 Å². The number of anilines is 3. The van der Waals surface area contributed by atoms with Gasteiger partial charge in [-0.3, -0.25) is 5.43 Å². The SMILES string of the molecule is CCN(CC1CC1)c1nc(NN)nc(N2CCCC2)n1. The van der Waals surface area contributed by atoms with Crippen LogP contribution in [0.25, 0.3) is 0 Å². The Hall–Kier alpha value is -1.63. The molecule has 2 heterocycles. The zero-order valence-electron chi connectivity index (χ0n) is 12.0. The third-order valence-corrected chi connectivity index (χ3v) is 3.97. The van der Waals surface area contributed by atoms with Crippen LogP contribution in [0.2, 0.25) is 0 Å². The summed E-state index contributed by atoms with van der Waals surface area (Å²) >= 11 is 0. The summed E-state index contributed by atoms with van der Waals surface area (Å²) in [5, 5.41) is 0. The lowest BCUT2D eigenvalue weighted by Gasteiger charge is -2.23. The van der Waals surface area contributed by atoms with E-state index in [1.807, 2.05) is 0 Å². The normalized spacial score (nSPS) is 18.4. The molecule has 7 nitrogen and oxygen atoms in total. The van der Waals surface area contributed by atoms with Crippen LogP contribution in [0, 0.1) is 5.92 Å². The number of hydrogen-bond donors (Lipinski definition) is 2. The molecular formula is C13H23N7. The molecule has 0 radical (unpaired) electrons. The number of nitrogens with one attached hydrogen (secondary N) is 1. The maximum atomic E-state index is 5.50. The zero-order valence-corrected chi connectivity index (χ0v) is 12.0. The quantitative estimate of drug-likeness (QED) is 0.592. The molecule has 0 amide bonds. The highest BCUT2D eigenvalue weighted by atomic mass is 15.4. The zero-order chi connectivity index (χ0) is 13.9. The van der Waals surface area contributed by atoms with Gasteiger partial charge in [0, 0.05) is 26.2 Å². The van der Waals surface area contributed by atoms with Gasteiger partial charge < -0.3 is 9.80 Å². The summed E-state index contributed by atoms with van der Waals surface area (Å²) in [6.45, 7) is 6.11. The van der Waals surface area contributed by atoms with Crippen molar-refractivity contribution >= 4 is 17.8 Å². The van der Waals surface area contributed by atoms with Crippen molar-refractivity contribution < 1.29 is 0 Å². The molecule has 0 aromatic carbocycles. The highest BCUT2D eigenvalue weighted by Gasteiger charge is 2.26. The minimum atomic E-state index is 0.450. The molecule has 3 rings (SSSR count). The maximum absolute atomic E-state index is 5.50. The van der Waals surface area contributed by atoms with E-state index in [9.17, 15) is 0 Å². The van der Waals surface area contributed by atoms with E-state index < -0.39 is 0 Å². The Kier molecular flexibility index (Phi) is 3.86. The van der Waals surface area contributed by atoms with Crippen LogP contribution >= 0.6 is 0 Å². The largest absolute Gasteiger partial charge is 0.341 e. The van der Waals surface area contributed by atoms with Crippen molar-refractivity contribution in [2.24, 2.45) is 11.8 Å². The minimum absolute atomic E-state index is 0.450. The molecule has 0 spiro atoms. The average Bonchev–Trinajstić information content (AvgIpc) is 3.13. The Morgan fingerprint density at radius 3 is 2.60 bits per heavy atom. The van der Waals surface area contributed by atoms with Crippen LogP contribution in [0.4, 0.5) is 17.8 Å². The van der Waals surface area contributed by atoms with Gasteiger partial charge in [0.15, 0.2) is 0 Å². The van der Waals surface area contributed by atoms with Gasteiger partial charge in [-0.05, 0) is 38.5 Å². The summed E-state index contributed by atoms with van der Waals surface area (Å²) in [7, 11) is 0. The van der Waals surface area contributed by atoms with Crippen LogP contribution in [0.15, 0.2) is 0 Å². The van der Waals surface area contributed by atoms with Crippen LogP contribution in [-0.2, 0) is 0 Å². The molecule has 1 aromatic rings. The van der Waals surface area contributed by atoms with Crippen LogP contribution in [-0.4, -0.2) is 41.1 Å². The number of nitrogens with two attached hydrogens (primary N) is 1. The summed E-state index contributed by atoms with van der Waals surface area (Å²) in [6.07, 6.45) is 5.04. The first kappa shape index (κ1) is 13.4. The van der Waals surface area contributed by atoms with E-state index >= 15 is 0 Å². The molecular weight excluding hydrogens is 254 g/mol. The van der Waals surface area contributed by atoms with Crippen LogP contribution in [0.5, 0.6) is 0 Å². The summed E-state index contributed by atoms with van der Waals surface area (Å²) in [4.78, 5) is 17.9. The van der Waals surface area contributed by atoms with Crippen molar-refractivity contribution in [2.45, 2.75) is 32.6 Å². The van der Waals surface area contributed by atoms with Gasteiger partial charge >= 0.3 is 0 Å². The fraction of sp³-hybridized carbons (Fsp3) is 0.769. The lowest BCUT2D eigenvalue weighted by Crippen LogP contribution is -2.30. The molecule has 0 atom stereocenters. The molecule has 3 N–H and O–H groups in total. The van der Waals surface area contributed by atoms with E-state index in [-0.39, 0.29) is 0 Å². The van der Waals surface area contributed by atoms with Crippen LogP contribution in [0.1, 0.15) is 32.6 Å². The maximum Gasteiger partial charge on any atom is 0.243 e. The topological polar surface area (TPSA) is 83.2 Å². The molecule has 1 saturated heterocycles. The van der Waals surface area contributed by atoms with Crippen LogP contribution < -0.4 is 21.1 Å². The second-order valence-corrected chi connectivity index (χ2v) is 5.58. The second kappa shape index (κ2) is 5.78. The number of hydrazine groups is 1. The smallest absolute Gasteiger partial charge is 0.243 e. The summed E-state index contributed by atoms with van der Waals surface area (Å²) < 4.78 is 0. The molecule has 0 unspecified atom stereocenters. The van der Waals surface area contributed by atoms with Gasteiger partial charge in [0.25, 0.3) is 0 Å². The molecule has 20 heavy (non-hydrogen) atoms. The van der Waals surface area contributed by atoms with Crippen LogP contribution in [0.3, 0.4) is 0 Å². The highest BCUT2D eigenvalue weighted by molar-refractivity contribution is 5.45. The predicted molar refractivity (Wildman–Crippen MR) is 79.7 cm³/mol. The summed E-state index contributed by atoms with van der Waals surface area (Å²) in [5.41, 5.74) is 2.56. The van der Waals surface area contributed by atoms with Crippen molar-refractivity contribution in [1.82, 2.24) is 15.0 Å². The van der Waals surface area contributed by atoms with Gasteiger partial charge in [-0.25, -0.2) is 5.84 Å². The lowest BCUT2D eigenvalue weighted by molar-refractivity contribution is 0.713. The average molecular weight is 277 g/mol. The van der Waals surface area contributed by atoms with Crippen molar-refractivity contribution in [3.8, 4) is 0 Å². The second-order valence-electron chi connectivity index (χ2n) is 5.58. The van der Waals surface area contributed by atoms with Gasteiger partial charge in [0.05, 0.1) is 0 Å². The third-order valence-electron chi connectivity index (χ3n) is 3.97. The molecule has 0 bridgehead atoms.